The fraction of sp³-hybridized carbons (Fsp3) is 0.464. The molecule has 2 aliphatic heterocycles. The first-order valence-electron chi connectivity index (χ1n) is 12.7. The molecule has 2 atom stereocenters. The number of hydrogen-bond acceptors (Lipinski definition) is 5. The summed E-state index contributed by atoms with van der Waals surface area (Å²) < 4.78 is 0. The van der Waals surface area contributed by atoms with Crippen LogP contribution in [0.4, 0.5) is 10.5 Å². The van der Waals surface area contributed by atoms with Gasteiger partial charge < -0.3 is 20.0 Å². The number of piperidine rings is 1. The van der Waals surface area contributed by atoms with Gasteiger partial charge in [-0.2, -0.15) is 0 Å². The number of anilines is 1. The van der Waals surface area contributed by atoms with Gasteiger partial charge in [0.15, 0.2) is 0 Å². The lowest BCUT2D eigenvalue weighted by Crippen LogP contribution is -2.51. The van der Waals surface area contributed by atoms with E-state index >= 15 is 0 Å². The van der Waals surface area contributed by atoms with E-state index in [-0.39, 0.29) is 30.3 Å². The summed E-state index contributed by atoms with van der Waals surface area (Å²) in [4.78, 5) is 43.3. The van der Waals surface area contributed by atoms with Crippen molar-refractivity contribution < 1.29 is 24.6 Å². The second kappa shape index (κ2) is 10.8. The van der Waals surface area contributed by atoms with Gasteiger partial charge in [0.2, 0.25) is 0 Å². The summed E-state index contributed by atoms with van der Waals surface area (Å²) in [6, 6.07) is 16.9. The third-order valence-corrected chi connectivity index (χ3v) is 8.05. The summed E-state index contributed by atoms with van der Waals surface area (Å²) in [5, 5.41) is 18.7. The molecule has 2 fully saturated rings. The molecular formula is C28H36N4O5. The Labute approximate surface area is 217 Å². The number of rotatable bonds is 7. The second-order valence-electron chi connectivity index (χ2n) is 10.4. The van der Waals surface area contributed by atoms with Crippen LogP contribution in [0.2, 0.25) is 0 Å². The third-order valence-electron chi connectivity index (χ3n) is 8.05. The van der Waals surface area contributed by atoms with Crippen LogP contribution in [0.25, 0.3) is 0 Å². The molecule has 0 aromatic heterocycles. The Bertz CT molecular complexity index is 1090. The Kier molecular flexibility index (Phi) is 7.73. The van der Waals surface area contributed by atoms with Crippen LogP contribution in [0.5, 0.6) is 0 Å². The number of nitrogens with zero attached hydrogens (tertiary/aromatic N) is 4. The minimum Gasteiger partial charge on any atom is -0.480 e. The number of carboxylic acids is 1. The fourth-order valence-electron chi connectivity index (χ4n) is 5.86. The lowest BCUT2D eigenvalue weighted by Gasteiger charge is -2.46. The summed E-state index contributed by atoms with van der Waals surface area (Å²) in [6.07, 6.45) is 0.810. The highest BCUT2D eigenvalue weighted by molar-refractivity contribution is 5.94. The van der Waals surface area contributed by atoms with E-state index in [1.807, 2.05) is 47.2 Å². The highest BCUT2D eigenvalue weighted by Crippen LogP contribution is 2.37. The van der Waals surface area contributed by atoms with E-state index in [0.29, 0.717) is 25.2 Å². The summed E-state index contributed by atoms with van der Waals surface area (Å²) >= 11 is 0. The van der Waals surface area contributed by atoms with Crippen LogP contribution in [0, 0.1) is 5.92 Å². The summed E-state index contributed by atoms with van der Waals surface area (Å²) in [7, 11) is 6.10. The first-order valence-corrected chi connectivity index (χ1v) is 12.7. The number of carbonyl (C=O) groups is 3. The Morgan fingerprint density at radius 3 is 2.08 bits per heavy atom. The topological polar surface area (TPSA) is 105 Å². The molecule has 2 aromatic carbocycles. The molecule has 198 valence electrons. The molecule has 9 nitrogen and oxygen atoms in total. The standard InChI is InChI=1S/C28H36N4O5/c1-29(2)28(22-7-5-4-6-8-22)13-15-31(16-14-28)25(33)21-9-11-23(12-10-21)30(3)18-20-17-24(26(34)35)32(19-20)27(36)37/h4-12,20,24H,13-19H2,1-3H3,(H,34,35)(H,36,37)/t20-,24+/m1/s1. The Hall–Kier alpha value is -3.59. The van der Waals surface area contributed by atoms with Gasteiger partial charge in [0.25, 0.3) is 5.91 Å². The van der Waals surface area contributed by atoms with Crippen molar-refractivity contribution in [3.63, 3.8) is 0 Å². The van der Waals surface area contributed by atoms with E-state index in [0.717, 1.165) is 23.4 Å². The average molecular weight is 509 g/mol. The molecule has 0 spiro atoms. The van der Waals surface area contributed by atoms with Crippen LogP contribution >= 0.6 is 0 Å². The van der Waals surface area contributed by atoms with E-state index < -0.39 is 18.1 Å². The van der Waals surface area contributed by atoms with Gasteiger partial charge in [-0.25, -0.2) is 9.59 Å². The van der Waals surface area contributed by atoms with Crippen molar-refractivity contribution in [3.05, 3.63) is 65.7 Å². The number of carboxylic acid groups (broad SMARTS) is 2. The monoisotopic (exact) mass is 508 g/mol. The second-order valence-corrected chi connectivity index (χ2v) is 10.4. The van der Waals surface area contributed by atoms with Crippen LogP contribution in [-0.4, -0.2) is 96.2 Å². The molecule has 4 rings (SSSR count). The number of hydrogen-bond donors (Lipinski definition) is 2. The molecule has 0 aliphatic carbocycles. The van der Waals surface area contributed by atoms with Gasteiger partial charge in [-0.15, -0.1) is 0 Å². The van der Waals surface area contributed by atoms with Crippen LogP contribution < -0.4 is 4.90 Å². The van der Waals surface area contributed by atoms with Gasteiger partial charge in [-0.3, -0.25) is 14.6 Å². The first-order chi connectivity index (χ1) is 17.6. The molecule has 2 aliphatic rings. The third kappa shape index (κ3) is 5.41. The summed E-state index contributed by atoms with van der Waals surface area (Å²) in [6.45, 7) is 2.08. The van der Waals surface area contributed by atoms with Gasteiger partial charge in [0.1, 0.15) is 6.04 Å². The van der Waals surface area contributed by atoms with Gasteiger partial charge in [0.05, 0.1) is 0 Å². The minimum atomic E-state index is -1.20. The molecule has 2 saturated heterocycles. The van der Waals surface area contributed by atoms with Crippen molar-refractivity contribution in [1.29, 1.82) is 0 Å². The van der Waals surface area contributed by atoms with Crippen molar-refractivity contribution in [3.8, 4) is 0 Å². The molecule has 9 heteroatoms. The molecule has 2 amide bonds. The van der Waals surface area contributed by atoms with Crippen molar-refractivity contribution in [2.24, 2.45) is 5.92 Å². The van der Waals surface area contributed by atoms with E-state index in [2.05, 4.69) is 43.3 Å². The number of benzene rings is 2. The maximum absolute atomic E-state index is 13.3. The van der Waals surface area contributed by atoms with Crippen LogP contribution in [0.1, 0.15) is 35.2 Å². The van der Waals surface area contributed by atoms with Crippen molar-refractivity contribution in [1.82, 2.24) is 14.7 Å². The number of aliphatic carboxylic acids is 1. The first kappa shape index (κ1) is 26.5. The van der Waals surface area contributed by atoms with Gasteiger partial charge >= 0.3 is 12.1 Å². The van der Waals surface area contributed by atoms with E-state index in [4.69, 9.17) is 0 Å². The highest BCUT2D eigenvalue weighted by Gasteiger charge is 2.41. The van der Waals surface area contributed by atoms with E-state index in [1.54, 1.807) is 0 Å². The number of amides is 2. The molecule has 0 radical (unpaired) electrons. The maximum Gasteiger partial charge on any atom is 0.408 e. The quantitative estimate of drug-likeness (QED) is 0.592. The molecule has 0 unspecified atom stereocenters. The average Bonchev–Trinajstić information content (AvgIpc) is 3.33. The van der Waals surface area contributed by atoms with E-state index in [1.165, 1.54) is 5.56 Å². The van der Waals surface area contributed by atoms with Crippen molar-refractivity contribution >= 4 is 23.7 Å². The largest absolute Gasteiger partial charge is 0.480 e. The Morgan fingerprint density at radius 2 is 1.57 bits per heavy atom. The normalized spacial score (nSPS) is 21.2. The Balaban J connectivity index is 1.36. The van der Waals surface area contributed by atoms with Crippen molar-refractivity contribution in [2.75, 3.05) is 52.2 Å². The molecule has 0 bridgehead atoms. The summed E-state index contributed by atoms with van der Waals surface area (Å²) in [5.41, 5.74) is 2.73. The number of likely N-dealkylation sites (tertiary alicyclic amines) is 2. The van der Waals surface area contributed by atoms with Gasteiger partial charge in [-0.05, 0) is 69.1 Å². The number of carbonyl (C=O) groups excluding carboxylic acids is 1. The summed E-state index contributed by atoms with van der Waals surface area (Å²) in [5.74, 6) is -1.18. The van der Waals surface area contributed by atoms with Gasteiger partial charge in [0, 0.05) is 50.0 Å². The Morgan fingerprint density at radius 1 is 0.946 bits per heavy atom. The molecule has 2 N–H and O–H groups in total. The minimum absolute atomic E-state index is 0.0202. The van der Waals surface area contributed by atoms with Crippen molar-refractivity contribution in [2.45, 2.75) is 30.8 Å². The predicted molar refractivity (Wildman–Crippen MR) is 141 cm³/mol. The lowest BCUT2D eigenvalue weighted by atomic mass is 9.79. The molecular weight excluding hydrogens is 472 g/mol. The zero-order valence-corrected chi connectivity index (χ0v) is 21.7. The maximum atomic E-state index is 13.3. The molecule has 2 heterocycles. The zero-order valence-electron chi connectivity index (χ0n) is 21.7. The van der Waals surface area contributed by atoms with Crippen LogP contribution in [-0.2, 0) is 10.3 Å². The van der Waals surface area contributed by atoms with Crippen LogP contribution in [0.3, 0.4) is 0 Å². The molecule has 2 aromatic rings. The molecule has 0 saturated carbocycles. The SMILES string of the molecule is CN(C[C@H]1C[C@@H](C(=O)O)N(C(=O)O)C1)c1ccc(C(=O)N2CCC(c3ccccc3)(N(C)C)CC2)cc1. The van der Waals surface area contributed by atoms with E-state index in [9.17, 15) is 24.6 Å². The van der Waals surface area contributed by atoms with Gasteiger partial charge in [-0.1, -0.05) is 30.3 Å². The predicted octanol–water partition coefficient (Wildman–Crippen LogP) is 3.27. The lowest BCUT2D eigenvalue weighted by molar-refractivity contribution is -0.141. The smallest absolute Gasteiger partial charge is 0.408 e. The zero-order chi connectivity index (χ0) is 26.7. The van der Waals surface area contributed by atoms with Crippen LogP contribution in [0.15, 0.2) is 54.6 Å². The highest BCUT2D eigenvalue weighted by atomic mass is 16.4. The fourth-order valence-corrected chi connectivity index (χ4v) is 5.86. The molecule has 37 heavy (non-hydrogen) atoms.